The van der Waals surface area contributed by atoms with Gasteiger partial charge in [-0.15, -0.1) is 11.3 Å². The molecule has 0 amide bonds. The molecule has 1 spiro atoms. The molecule has 1 N–H and O–H groups in total. The Morgan fingerprint density at radius 1 is 1.43 bits per heavy atom. The largest absolute Gasteiger partial charge is 0.369 e. The summed E-state index contributed by atoms with van der Waals surface area (Å²) in [6.07, 6.45) is 1.68. The first-order valence-electron chi connectivity index (χ1n) is 9.83. The van der Waals surface area contributed by atoms with Crippen molar-refractivity contribution >= 4 is 11.3 Å². The smallest absolute Gasteiger partial charge is 0.252 e. The molecule has 0 aromatic carbocycles. The van der Waals surface area contributed by atoms with Crippen LogP contribution in [0.25, 0.3) is 0 Å². The van der Waals surface area contributed by atoms with Crippen molar-refractivity contribution in [3.63, 3.8) is 0 Å². The number of pyridine rings is 1. The number of hydrogen-bond acceptors (Lipinski definition) is 4. The predicted molar refractivity (Wildman–Crippen MR) is 106 cm³/mol. The molecule has 4 nitrogen and oxygen atoms in total. The van der Waals surface area contributed by atoms with Gasteiger partial charge in [0, 0.05) is 47.1 Å². The van der Waals surface area contributed by atoms with Crippen LogP contribution in [0, 0.1) is 6.92 Å². The SMILES string of the molecule is Cc1c[nH]c(=O)c(CN2CC[C@]3(C[C@@H]2C)OCCc2cc(CC(F)F)sc23)c1. The van der Waals surface area contributed by atoms with Crippen molar-refractivity contribution in [2.24, 2.45) is 0 Å². The molecular formula is C21H26F2N2O2S. The van der Waals surface area contributed by atoms with Crippen molar-refractivity contribution in [2.75, 3.05) is 13.2 Å². The molecule has 0 saturated carbocycles. The molecule has 2 aliphatic heterocycles. The third-order valence-electron chi connectivity index (χ3n) is 5.93. The van der Waals surface area contributed by atoms with Gasteiger partial charge in [-0.2, -0.15) is 0 Å². The lowest BCUT2D eigenvalue weighted by Crippen LogP contribution is -2.50. The van der Waals surface area contributed by atoms with Crippen molar-refractivity contribution in [2.45, 2.75) is 64.1 Å². The van der Waals surface area contributed by atoms with Crippen LogP contribution in [0.4, 0.5) is 8.78 Å². The summed E-state index contributed by atoms with van der Waals surface area (Å²) in [5, 5.41) is 0. The van der Waals surface area contributed by atoms with E-state index in [2.05, 4.69) is 16.8 Å². The molecule has 152 valence electrons. The maximum atomic E-state index is 12.8. The van der Waals surface area contributed by atoms with Gasteiger partial charge in [-0.25, -0.2) is 8.78 Å². The van der Waals surface area contributed by atoms with E-state index in [4.69, 9.17) is 4.74 Å². The number of aryl methyl sites for hydroxylation is 1. The van der Waals surface area contributed by atoms with Crippen molar-refractivity contribution in [1.29, 1.82) is 0 Å². The Labute approximate surface area is 167 Å². The van der Waals surface area contributed by atoms with Crippen molar-refractivity contribution < 1.29 is 13.5 Å². The quantitative estimate of drug-likeness (QED) is 0.832. The third-order valence-corrected chi connectivity index (χ3v) is 7.31. The van der Waals surface area contributed by atoms with Gasteiger partial charge in [-0.3, -0.25) is 9.69 Å². The summed E-state index contributed by atoms with van der Waals surface area (Å²) in [6.45, 7) is 6.20. The average molecular weight is 409 g/mol. The first-order chi connectivity index (χ1) is 13.4. The topological polar surface area (TPSA) is 45.3 Å². The number of piperidine rings is 1. The van der Waals surface area contributed by atoms with Crippen LogP contribution in [-0.4, -0.2) is 35.5 Å². The van der Waals surface area contributed by atoms with E-state index < -0.39 is 6.43 Å². The number of aromatic amines is 1. The molecule has 4 heterocycles. The number of alkyl halides is 2. The molecule has 0 bridgehead atoms. The van der Waals surface area contributed by atoms with E-state index in [1.165, 1.54) is 16.9 Å². The van der Waals surface area contributed by atoms with E-state index in [0.717, 1.165) is 46.7 Å². The lowest BCUT2D eigenvalue weighted by atomic mass is 9.82. The fraction of sp³-hybridized carbons (Fsp3) is 0.571. The molecule has 0 aliphatic carbocycles. The summed E-state index contributed by atoms with van der Waals surface area (Å²) in [6, 6.07) is 4.14. The fourth-order valence-electron chi connectivity index (χ4n) is 4.55. The number of nitrogens with zero attached hydrogens (tertiary/aromatic N) is 1. The van der Waals surface area contributed by atoms with E-state index in [1.807, 2.05) is 19.1 Å². The molecule has 7 heteroatoms. The zero-order valence-electron chi connectivity index (χ0n) is 16.3. The van der Waals surface area contributed by atoms with Gasteiger partial charge < -0.3 is 9.72 Å². The Morgan fingerprint density at radius 2 is 2.25 bits per heavy atom. The molecule has 2 aliphatic rings. The van der Waals surface area contributed by atoms with Gasteiger partial charge in [-0.1, -0.05) is 0 Å². The highest BCUT2D eigenvalue weighted by atomic mass is 32.1. The van der Waals surface area contributed by atoms with E-state index in [1.54, 1.807) is 6.20 Å². The number of nitrogens with one attached hydrogen (secondary N) is 1. The highest BCUT2D eigenvalue weighted by Gasteiger charge is 2.45. The molecule has 2 atom stereocenters. The second-order valence-corrected chi connectivity index (χ2v) is 9.20. The Balaban J connectivity index is 1.53. The zero-order valence-corrected chi connectivity index (χ0v) is 17.1. The van der Waals surface area contributed by atoms with Crippen LogP contribution in [0.5, 0.6) is 0 Å². The summed E-state index contributed by atoms with van der Waals surface area (Å²) in [4.78, 5) is 19.2. The van der Waals surface area contributed by atoms with Crippen LogP contribution < -0.4 is 5.56 Å². The molecule has 1 saturated heterocycles. The lowest BCUT2D eigenvalue weighted by Gasteiger charge is -2.47. The minimum atomic E-state index is -2.31. The number of likely N-dealkylation sites (tertiary alicyclic amines) is 1. The average Bonchev–Trinajstić information content (AvgIpc) is 3.04. The first-order valence-corrected chi connectivity index (χ1v) is 10.6. The zero-order chi connectivity index (χ0) is 19.9. The number of fused-ring (bicyclic) bond motifs is 2. The first kappa shape index (κ1) is 19.7. The van der Waals surface area contributed by atoms with Crippen molar-refractivity contribution in [3.05, 3.63) is 55.1 Å². The number of ether oxygens (including phenoxy) is 1. The number of H-pyrrole nitrogens is 1. The highest BCUT2D eigenvalue weighted by Crippen LogP contribution is 2.47. The number of aromatic nitrogens is 1. The summed E-state index contributed by atoms with van der Waals surface area (Å²) in [5.74, 6) is 0. The maximum Gasteiger partial charge on any atom is 0.252 e. The number of rotatable bonds is 4. The minimum Gasteiger partial charge on any atom is -0.369 e. The Hall–Kier alpha value is -1.57. The van der Waals surface area contributed by atoms with Gasteiger partial charge in [0.25, 0.3) is 5.56 Å². The predicted octanol–water partition coefficient (Wildman–Crippen LogP) is 4.00. The monoisotopic (exact) mass is 408 g/mol. The third kappa shape index (κ3) is 3.80. The van der Waals surface area contributed by atoms with Gasteiger partial charge in [0.2, 0.25) is 6.43 Å². The fourth-order valence-corrected chi connectivity index (χ4v) is 5.94. The standard InChI is InChI=1S/C21H26F2N2O2S/c1-13-7-16(20(26)24-11-13)12-25-5-4-21(10-14(25)2)19-15(3-6-27-21)8-17(28-19)9-18(22)23/h7-8,11,14,18H,3-6,9-10,12H2,1-2H3,(H,24,26)/t14-,21+/m0/s1. The summed E-state index contributed by atoms with van der Waals surface area (Å²) in [7, 11) is 0. The molecular weight excluding hydrogens is 382 g/mol. The van der Waals surface area contributed by atoms with Crippen LogP contribution in [0.1, 0.15) is 46.2 Å². The van der Waals surface area contributed by atoms with Crippen LogP contribution in [0.3, 0.4) is 0 Å². The van der Waals surface area contributed by atoms with E-state index in [0.29, 0.717) is 13.2 Å². The molecule has 2 aromatic heterocycles. The second-order valence-electron chi connectivity index (χ2n) is 8.06. The molecule has 0 radical (unpaired) electrons. The number of thiophene rings is 1. The number of hydrogen-bond donors (Lipinski definition) is 1. The van der Waals surface area contributed by atoms with Crippen LogP contribution in [0.15, 0.2) is 23.1 Å². The minimum absolute atomic E-state index is 0.0378. The lowest BCUT2D eigenvalue weighted by molar-refractivity contribution is -0.110. The summed E-state index contributed by atoms with van der Waals surface area (Å²) >= 11 is 1.50. The molecule has 28 heavy (non-hydrogen) atoms. The van der Waals surface area contributed by atoms with Crippen molar-refractivity contribution in [1.82, 2.24) is 9.88 Å². The normalized spacial score (nSPS) is 25.4. The van der Waals surface area contributed by atoms with E-state index in [-0.39, 0.29) is 23.6 Å². The maximum absolute atomic E-state index is 12.8. The van der Waals surface area contributed by atoms with Gasteiger partial charge in [-0.05, 0) is 56.4 Å². The van der Waals surface area contributed by atoms with E-state index >= 15 is 0 Å². The van der Waals surface area contributed by atoms with Crippen molar-refractivity contribution in [3.8, 4) is 0 Å². The highest BCUT2D eigenvalue weighted by molar-refractivity contribution is 7.12. The van der Waals surface area contributed by atoms with Gasteiger partial charge in [0.05, 0.1) is 6.61 Å². The second kappa shape index (κ2) is 7.69. The molecule has 0 unspecified atom stereocenters. The molecule has 4 rings (SSSR count). The van der Waals surface area contributed by atoms with Crippen LogP contribution in [-0.2, 0) is 29.7 Å². The van der Waals surface area contributed by atoms with Gasteiger partial charge in [0.15, 0.2) is 0 Å². The Bertz CT molecular complexity index is 910. The molecule has 1 fully saturated rings. The van der Waals surface area contributed by atoms with Crippen LogP contribution in [0.2, 0.25) is 0 Å². The summed E-state index contributed by atoms with van der Waals surface area (Å²) in [5.41, 5.74) is 2.60. The molecule has 2 aromatic rings. The van der Waals surface area contributed by atoms with Gasteiger partial charge in [0.1, 0.15) is 5.60 Å². The number of halogens is 2. The van der Waals surface area contributed by atoms with Gasteiger partial charge >= 0.3 is 0 Å². The Kier molecular flexibility index (Phi) is 5.42. The van der Waals surface area contributed by atoms with E-state index in [9.17, 15) is 13.6 Å². The summed E-state index contributed by atoms with van der Waals surface area (Å²) < 4.78 is 32.0. The van der Waals surface area contributed by atoms with Crippen LogP contribution >= 0.6 is 11.3 Å². The Morgan fingerprint density at radius 3 is 3.00 bits per heavy atom.